The van der Waals surface area contributed by atoms with E-state index in [1.807, 2.05) is 6.92 Å². The zero-order valence-electron chi connectivity index (χ0n) is 18.7. The summed E-state index contributed by atoms with van der Waals surface area (Å²) in [5.74, 6) is -2.76. The molecule has 0 aromatic rings. The molecular weight excluding hydrogens is 483 g/mol. The van der Waals surface area contributed by atoms with Crippen LogP contribution in [0.5, 0.6) is 0 Å². The predicted octanol–water partition coefficient (Wildman–Crippen LogP) is 3.05. The molecule has 0 heterocycles. The molecule has 0 radical (unpaired) electrons. The van der Waals surface area contributed by atoms with Gasteiger partial charge in [0.25, 0.3) is 0 Å². The number of ketones is 2. The number of ether oxygens (including phenoxy) is 1. The maximum absolute atomic E-state index is 15.5. The van der Waals surface area contributed by atoms with Gasteiger partial charge in [-0.3, -0.25) is 14.4 Å². The van der Waals surface area contributed by atoms with Crippen LogP contribution in [-0.2, 0) is 19.1 Å². The van der Waals surface area contributed by atoms with E-state index in [2.05, 4.69) is 15.9 Å². The Kier molecular flexibility index (Phi) is 5.62. The highest BCUT2D eigenvalue weighted by Gasteiger charge is 2.71. The monoisotopic (exact) mass is 512 g/mol. The minimum atomic E-state index is -1.79. The number of fused-ring (bicyclic) bond motifs is 5. The van der Waals surface area contributed by atoms with Gasteiger partial charge in [0.15, 0.2) is 12.4 Å². The van der Waals surface area contributed by atoms with Crippen LogP contribution < -0.4 is 0 Å². The standard InChI is InChI=1S/C24H30BrFO6/c1-11-5-14-13-6-17(26)15-7-18(28)16(25)8-22(15,3)21(13)19(29)9-23(14,4)24(11,31)20(30)10-32-12(2)27/h7-8,11,13-14,17,19,21,29,31H,5-6,9-10H2,1-4H3/t11-,13-,14-,17+,19+,21+,22-,23-,24-/m0/s1. The molecule has 3 fully saturated rings. The topological polar surface area (TPSA) is 101 Å². The molecule has 3 saturated carbocycles. The number of carbonyl (C=O) groups excluding carboxylic acids is 3. The number of allylic oxidation sites excluding steroid dienone is 4. The van der Waals surface area contributed by atoms with Crippen molar-refractivity contribution < 1.29 is 33.7 Å². The first kappa shape index (κ1) is 23.8. The molecule has 0 aromatic heterocycles. The fourth-order valence-electron chi connectivity index (χ4n) is 7.60. The summed E-state index contributed by atoms with van der Waals surface area (Å²) < 4.78 is 20.7. The van der Waals surface area contributed by atoms with Crippen LogP contribution in [0.1, 0.15) is 47.0 Å². The summed E-state index contributed by atoms with van der Waals surface area (Å²) in [6.45, 7) is 6.11. The molecule has 32 heavy (non-hydrogen) atoms. The number of rotatable bonds is 3. The molecular formula is C24H30BrFO6. The summed E-state index contributed by atoms with van der Waals surface area (Å²) in [7, 11) is 0. The fraction of sp³-hybridized carbons (Fsp3) is 0.708. The third kappa shape index (κ3) is 3.05. The van der Waals surface area contributed by atoms with E-state index in [-0.39, 0.29) is 36.4 Å². The molecule has 6 nitrogen and oxygen atoms in total. The normalized spacial score (nSPS) is 47.6. The highest BCUT2D eigenvalue weighted by Crippen LogP contribution is 2.68. The number of halogens is 2. The van der Waals surface area contributed by atoms with Gasteiger partial charge in [-0.1, -0.05) is 26.8 Å². The summed E-state index contributed by atoms with van der Waals surface area (Å²) in [4.78, 5) is 36.5. The Morgan fingerprint density at radius 2 is 1.97 bits per heavy atom. The minimum absolute atomic E-state index is 0.128. The molecule has 4 aliphatic carbocycles. The Morgan fingerprint density at radius 1 is 1.31 bits per heavy atom. The second-order valence-corrected chi connectivity index (χ2v) is 11.4. The third-order valence-corrected chi connectivity index (χ3v) is 9.57. The summed E-state index contributed by atoms with van der Waals surface area (Å²) in [6, 6.07) is 0. The summed E-state index contributed by atoms with van der Waals surface area (Å²) in [5.41, 5.74) is -3.24. The Labute approximate surface area is 195 Å². The Morgan fingerprint density at radius 3 is 2.59 bits per heavy atom. The van der Waals surface area contributed by atoms with Crippen molar-refractivity contribution in [3.05, 3.63) is 22.2 Å². The quantitative estimate of drug-likeness (QED) is 0.563. The lowest BCUT2D eigenvalue weighted by Gasteiger charge is -2.60. The molecule has 8 heteroatoms. The van der Waals surface area contributed by atoms with Crippen LogP contribution >= 0.6 is 15.9 Å². The lowest BCUT2D eigenvalue weighted by atomic mass is 9.46. The third-order valence-electron chi connectivity index (χ3n) is 8.95. The highest BCUT2D eigenvalue weighted by molar-refractivity contribution is 9.12. The van der Waals surface area contributed by atoms with Crippen molar-refractivity contribution >= 4 is 33.5 Å². The molecule has 0 bridgehead atoms. The summed E-state index contributed by atoms with van der Waals surface area (Å²) >= 11 is 3.29. The molecule has 0 amide bonds. The van der Waals surface area contributed by atoms with E-state index in [1.165, 1.54) is 13.0 Å². The van der Waals surface area contributed by atoms with Gasteiger partial charge in [0.1, 0.15) is 11.8 Å². The Bertz CT molecular complexity index is 945. The first-order valence-electron chi connectivity index (χ1n) is 11.1. The Balaban J connectivity index is 1.75. The lowest BCUT2D eigenvalue weighted by Crippen LogP contribution is -2.63. The van der Waals surface area contributed by atoms with Crippen LogP contribution in [0.15, 0.2) is 22.2 Å². The predicted molar refractivity (Wildman–Crippen MR) is 117 cm³/mol. The van der Waals surface area contributed by atoms with Crippen LogP contribution in [-0.4, -0.2) is 52.2 Å². The van der Waals surface area contributed by atoms with Gasteiger partial charge in [-0.2, -0.15) is 0 Å². The van der Waals surface area contributed by atoms with Crippen molar-refractivity contribution in [2.24, 2.45) is 34.5 Å². The number of carbonyl (C=O) groups is 3. The SMILES string of the molecule is CC(=O)OCC(=O)[C@@]1(O)[C@@H](C)C[C@H]2[C@@H]3C[C@@H](F)C4=CC(=O)C(Br)=C[C@]4(C)[C@H]3[C@H](O)C[C@@]21C. The number of hydrogen-bond donors (Lipinski definition) is 2. The zero-order chi connectivity index (χ0) is 23.8. The van der Waals surface area contributed by atoms with Crippen LogP contribution in [0.3, 0.4) is 0 Å². The van der Waals surface area contributed by atoms with E-state index in [0.717, 1.165) is 0 Å². The van der Waals surface area contributed by atoms with Gasteiger partial charge in [-0.05, 0) is 64.6 Å². The number of aliphatic hydroxyl groups excluding tert-OH is 1. The number of aliphatic hydroxyl groups is 2. The van der Waals surface area contributed by atoms with Crippen molar-refractivity contribution in [2.75, 3.05) is 6.61 Å². The van der Waals surface area contributed by atoms with E-state index in [0.29, 0.717) is 16.5 Å². The average molecular weight is 513 g/mol. The van der Waals surface area contributed by atoms with Gasteiger partial charge < -0.3 is 14.9 Å². The largest absolute Gasteiger partial charge is 0.458 e. The smallest absolute Gasteiger partial charge is 0.303 e. The van der Waals surface area contributed by atoms with E-state index in [9.17, 15) is 24.6 Å². The van der Waals surface area contributed by atoms with Crippen LogP contribution in [0.2, 0.25) is 0 Å². The molecule has 176 valence electrons. The minimum Gasteiger partial charge on any atom is -0.458 e. The molecule has 0 unspecified atom stereocenters. The maximum Gasteiger partial charge on any atom is 0.303 e. The second kappa shape index (κ2) is 7.57. The van der Waals surface area contributed by atoms with Crippen molar-refractivity contribution in [3.8, 4) is 0 Å². The van der Waals surface area contributed by atoms with E-state index >= 15 is 4.39 Å². The van der Waals surface area contributed by atoms with E-state index in [4.69, 9.17) is 4.74 Å². The molecule has 2 N–H and O–H groups in total. The fourth-order valence-corrected chi connectivity index (χ4v) is 8.19. The van der Waals surface area contributed by atoms with Crippen LogP contribution in [0, 0.1) is 34.5 Å². The average Bonchev–Trinajstić information content (AvgIpc) is 2.89. The van der Waals surface area contributed by atoms with Crippen molar-refractivity contribution in [1.82, 2.24) is 0 Å². The lowest BCUT2D eigenvalue weighted by molar-refractivity contribution is -0.187. The van der Waals surface area contributed by atoms with Gasteiger partial charge in [0, 0.05) is 23.7 Å². The van der Waals surface area contributed by atoms with Crippen LogP contribution in [0.4, 0.5) is 4.39 Å². The first-order valence-corrected chi connectivity index (χ1v) is 11.9. The van der Waals surface area contributed by atoms with Crippen molar-refractivity contribution in [3.63, 3.8) is 0 Å². The van der Waals surface area contributed by atoms with Gasteiger partial charge >= 0.3 is 5.97 Å². The molecule has 9 atom stereocenters. The molecule has 0 spiro atoms. The second-order valence-electron chi connectivity index (χ2n) is 10.5. The summed E-state index contributed by atoms with van der Waals surface area (Å²) in [5, 5.41) is 23.1. The number of alkyl halides is 1. The van der Waals surface area contributed by atoms with Gasteiger partial charge in [-0.25, -0.2) is 4.39 Å². The molecule has 4 rings (SSSR count). The number of hydrogen-bond acceptors (Lipinski definition) is 6. The van der Waals surface area contributed by atoms with Gasteiger partial charge in [-0.15, -0.1) is 0 Å². The number of esters is 1. The van der Waals surface area contributed by atoms with Gasteiger partial charge in [0.05, 0.1) is 10.6 Å². The Hall–Kier alpha value is -1.38. The highest BCUT2D eigenvalue weighted by atomic mass is 79.9. The number of Topliss-reactive ketones (excluding diaryl/α,β-unsaturated/α-hetero) is 1. The summed E-state index contributed by atoms with van der Waals surface area (Å²) in [6.07, 6.45) is 1.59. The molecule has 4 aliphatic rings. The maximum atomic E-state index is 15.5. The van der Waals surface area contributed by atoms with Crippen molar-refractivity contribution in [2.45, 2.75) is 64.8 Å². The zero-order valence-corrected chi connectivity index (χ0v) is 20.3. The van der Waals surface area contributed by atoms with Crippen molar-refractivity contribution in [1.29, 1.82) is 0 Å². The molecule has 0 aliphatic heterocycles. The van der Waals surface area contributed by atoms with Crippen LogP contribution in [0.25, 0.3) is 0 Å². The van der Waals surface area contributed by atoms with E-state index < -0.39 is 53.0 Å². The van der Waals surface area contributed by atoms with E-state index in [1.54, 1.807) is 19.9 Å². The van der Waals surface area contributed by atoms with Gasteiger partial charge in [0.2, 0.25) is 5.78 Å². The first-order chi connectivity index (χ1) is 14.8. The molecule has 0 aromatic carbocycles. The molecule has 0 saturated heterocycles.